The van der Waals surface area contributed by atoms with Gasteiger partial charge in [-0.15, -0.1) is 5.10 Å². The Balaban J connectivity index is 1.52. The Kier molecular flexibility index (Phi) is 4.75. The third-order valence-electron chi connectivity index (χ3n) is 3.87. The maximum atomic E-state index is 12.3. The van der Waals surface area contributed by atoms with Gasteiger partial charge < -0.3 is 4.90 Å². The molecule has 7 heteroatoms. The third-order valence-corrected chi connectivity index (χ3v) is 3.87. The molecule has 0 N–H and O–H groups in total. The summed E-state index contributed by atoms with van der Waals surface area (Å²) in [6.07, 6.45) is 7.94. The molecule has 22 heavy (non-hydrogen) atoms. The predicted octanol–water partition coefficient (Wildman–Crippen LogP) is 0.408. The van der Waals surface area contributed by atoms with E-state index in [9.17, 15) is 4.79 Å². The lowest BCUT2D eigenvalue weighted by atomic mass is 10.2. The topological polar surface area (TPSA) is 67.2 Å². The molecule has 1 amide bonds. The van der Waals surface area contributed by atoms with Gasteiger partial charge in [0.1, 0.15) is 6.54 Å². The smallest absolute Gasteiger partial charge is 0.244 e. The molecule has 0 atom stereocenters. The van der Waals surface area contributed by atoms with Crippen molar-refractivity contribution in [3.8, 4) is 0 Å². The molecule has 2 aromatic rings. The molecule has 0 saturated carbocycles. The number of hydrogen-bond donors (Lipinski definition) is 0. The van der Waals surface area contributed by atoms with Crippen LogP contribution in [0.1, 0.15) is 12.0 Å². The van der Waals surface area contributed by atoms with Gasteiger partial charge in [-0.3, -0.25) is 14.7 Å². The first kappa shape index (κ1) is 14.6. The number of aromatic nitrogens is 4. The molecule has 0 bridgehead atoms. The molecule has 0 aromatic carbocycles. The highest BCUT2D eigenvalue weighted by Gasteiger charge is 2.19. The number of amides is 1. The van der Waals surface area contributed by atoms with Gasteiger partial charge in [-0.05, 0) is 24.1 Å². The highest BCUT2D eigenvalue weighted by Crippen LogP contribution is 2.09. The molecule has 1 saturated heterocycles. The van der Waals surface area contributed by atoms with E-state index >= 15 is 0 Å². The van der Waals surface area contributed by atoms with Gasteiger partial charge in [0, 0.05) is 51.3 Å². The first-order valence-electron chi connectivity index (χ1n) is 7.54. The lowest BCUT2D eigenvalue weighted by Crippen LogP contribution is -2.37. The Morgan fingerprint density at radius 1 is 1.09 bits per heavy atom. The zero-order valence-corrected chi connectivity index (χ0v) is 12.5. The van der Waals surface area contributed by atoms with Crippen LogP contribution in [0.4, 0.5) is 0 Å². The predicted molar refractivity (Wildman–Crippen MR) is 80.7 cm³/mol. The Morgan fingerprint density at radius 3 is 2.73 bits per heavy atom. The van der Waals surface area contributed by atoms with E-state index in [1.54, 1.807) is 17.1 Å². The molecule has 0 radical (unpaired) electrons. The molecule has 116 valence electrons. The first-order chi connectivity index (χ1) is 10.8. The molecule has 0 aliphatic carbocycles. The molecule has 7 nitrogen and oxygen atoms in total. The Bertz CT molecular complexity index is 585. The van der Waals surface area contributed by atoms with Gasteiger partial charge in [-0.2, -0.15) is 0 Å². The fourth-order valence-corrected chi connectivity index (χ4v) is 2.68. The van der Waals surface area contributed by atoms with Crippen molar-refractivity contribution in [1.82, 2.24) is 29.8 Å². The van der Waals surface area contributed by atoms with Crippen molar-refractivity contribution in [3.63, 3.8) is 0 Å². The maximum absolute atomic E-state index is 12.3. The van der Waals surface area contributed by atoms with Crippen molar-refractivity contribution in [2.24, 2.45) is 0 Å². The van der Waals surface area contributed by atoms with Crippen molar-refractivity contribution in [3.05, 3.63) is 42.5 Å². The quantitative estimate of drug-likeness (QED) is 0.818. The van der Waals surface area contributed by atoms with Crippen LogP contribution in [0.15, 0.2) is 36.9 Å². The Morgan fingerprint density at radius 2 is 1.95 bits per heavy atom. The second-order valence-corrected chi connectivity index (χ2v) is 5.47. The third kappa shape index (κ3) is 3.88. The second kappa shape index (κ2) is 7.13. The van der Waals surface area contributed by atoms with E-state index in [2.05, 4.69) is 20.2 Å². The summed E-state index contributed by atoms with van der Waals surface area (Å²) < 4.78 is 1.57. The molecular formula is C15H20N6O. The van der Waals surface area contributed by atoms with Crippen LogP contribution in [0.3, 0.4) is 0 Å². The summed E-state index contributed by atoms with van der Waals surface area (Å²) in [6.45, 7) is 4.65. The van der Waals surface area contributed by atoms with Crippen LogP contribution in [-0.4, -0.2) is 61.9 Å². The summed E-state index contributed by atoms with van der Waals surface area (Å²) in [5, 5.41) is 7.57. The molecule has 1 aliphatic heterocycles. The number of hydrogen-bond acceptors (Lipinski definition) is 5. The Hall–Kier alpha value is -2.28. The Labute approximate surface area is 129 Å². The highest BCUT2D eigenvalue weighted by molar-refractivity contribution is 5.75. The van der Waals surface area contributed by atoms with Gasteiger partial charge in [-0.25, -0.2) is 4.68 Å². The van der Waals surface area contributed by atoms with E-state index in [1.807, 2.05) is 29.4 Å². The van der Waals surface area contributed by atoms with Crippen molar-refractivity contribution in [1.29, 1.82) is 0 Å². The van der Waals surface area contributed by atoms with Crippen LogP contribution in [0.25, 0.3) is 0 Å². The van der Waals surface area contributed by atoms with Gasteiger partial charge in [0.25, 0.3) is 0 Å². The number of rotatable bonds is 4. The largest absolute Gasteiger partial charge is 0.340 e. The average Bonchev–Trinajstić information content (AvgIpc) is 2.93. The van der Waals surface area contributed by atoms with Crippen molar-refractivity contribution < 1.29 is 4.79 Å². The van der Waals surface area contributed by atoms with Crippen LogP contribution in [0, 0.1) is 0 Å². The SMILES string of the molecule is O=C(Cn1ccnn1)N1CCCN(Cc2ccncc2)CC1. The number of carbonyl (C=O) groups excluding carboxylic acids is 1. The lowest BCUT2D eigenvalue weighted by Gasteiger charge is -2.22. The number of nitrogens with zero attached hydrogens (tertiary/aromatic N) is 6. The number of pyridine rings is 1. The molecule has 2 aromatic heterocycles. The first-order valence-corrected chi connectivity index (χ1v) is 7.54. The van der Waals surface area contributed by atoms with E-state index in [1.165, 1.54) is 5.56 Å². The monoisotopic (exact) mass is 300 g/mol. The summed E-state index contributed by atoms with van der Waals surface area (Å²) in [6, 6.07) is 4.08. The highest BCUT2D eigenvalue weighted by atomic mass is 16.2. The van der Waals surface area contributed by atoms with Crippen LogP contribution in [-0.2, 0) is 17.9 Å². The molecule has 1 aliphatic rings. The van der Waals surface area contributed by atoms with Gasteiger partial charge >= 0.3 is 0 Å². The summed E-state index contributed by atoms with van der Waals surface area (Å²) in [7, 11) is 0. The molecular weight excluding hydrogens is 280 g/mol. The minimum Gasteiger partial charge on any atom is -0.340 e. The van der Waals surface area contributed by atoms with E-state index in [4.69, 9.17) is 0 Å². The van der Waals surface area contributed by atoms with E-state index in [0.717, 1.165) is 39.1 Å². The summed E-state index contributed by atoms with van der Waals surface area (Å²) in [4.78, 5) is 20.6. The van der Waals surface area contributed by atoms with Gasteiger partial charge in [0.2, 0.25) is 5.91 Å². The van der Waals surface area contributed by atoms with E-state index in [-0.39, 0.29) is 12.5 Å². The summed E-state index contributed by atoms with van der Waals surface area (Å²) in [5.41, 5.74) is 1.26. The normalized spacial score (nSPS) is 16.5. The van der Waals surface area contributed by atoms with Crippen LogP contribution < -0.4 is 0 Å². The fourth-order valence-electron chi connectivity index (χ4n) is 2.68. The molecule has 1 fully saturated rings. The van der Waals surface area contributed by atoms with Crippen LogP contribution >= 0.6 is 0 Å². The lowest BCUT2D eigenvalue weighted by molar-refractivity contribution is -0.131. The van der Waals surface area contributed by atoms with Crippen molar-refractivity contribution in [2.75, 3.05) is 26.2 Å². The molecule has 0 unspecified atom stereocenters. The van der Waals surface area contributed by atoms with Gasteiger partial charge in [-0.1, -0.05) is 5.21 Å². The minimum absolute atomic E-state index is 0.108. The zero-order chi connectivity index (χ0) is 15.2. The standard InChI is InChI=1S/C15H20N6O/c22-15(13-21-9-6-17-18-21)20-8-1-7-19(10-11-20)12-14-2-4-16-5-3-14/h2-6,9H,1,7-8,10-13H2. The van der Waals surface area contributed by atoms with Gasteiger partial charge in [0.05, 0.1) is 6.20 Å². The zero-order valence-electron chi connectivity index (χ0n) is 12.5. The van der Waals surface area contributed by atoms with Crippen molar-refractivity contribution in [2.45, 2.75) is 19.5 Å². The summed E-state index contributed by atoms with van der Waals surface area (Å²) in [5.74, 6) is 0.108. The number of carbonyl (C=O) groups is 1. The molecule has 3 heterocycles. The van der Waals surface area contributed by atoms with Crippen LogP contribution in [0.2, 0.25) is 0 Å². The fraction of sp³-hybridized carbons (Fsp3) is 0.467. The second-order valence-electron chi connectivity index (χ2n) is 5.47. The minimum atomic E-state index is 0.108. The van der Waals surface area contributed by atoms with Crippen molar-refractivity contribution >= 4 is 5.91 Å². The van der Waals surface area contributed by atoms with Crippen LogP contribution in [0.5, 0.6) is 0 Å². The summed E-state index contributed by atoms with van der Waals surface area (Å²) >= 11 is 0. The van der Waals surface area contributed by atoms with E-state index < -0.39 is 0 Å². The molecule has 3 rings (SSSR count). The average molecular weight is 300 g/mol. The maximum Gasteiger partial charge on any atom is 0.244 e. The van der Waals surface area contributed by atoms with E-state index in [0.29, 0.717) is 0 Å². The van der Waals surface area contributed by atoms with Gasteiger partial charge in [0.15, 0.2) is 0 Å². The molecule has 0 spiro atoms.